The van der Waals surface area contributed by atoms with Gasteiger partial charge in [0, 0.05) is 0 Å². The van der Waals surface area contributed by atoms with Gasteiger partial charge in [0.05, 0.1) is 6.04 Å². The van der Waals surface area contributed by atoms with Crippen molar-refractivity contribution in [2.24, 2.45) is 5.73 Å². The maximum Gasteiger partial charge on any atom is 0.312 e. The van der Waals surface area contributed by atoms with E-state index in [0.29, 0.717) is 0 Å². The monoisotopic (exact) mass is 276 g/mol. The highest BCUT2D eigenvalue weighted by molar-refractivity contribution is 5.87. The molecule has 0 heterocycles. The number of fused-ring (bicyclic) bond motifs is 1. The van der Waals surface area contributed by atoms with Crippen molar-refractivity contribution in [3.63, 3.8) is 0 Å². The average molecular weight is 276 g/mol. The number of hydrogen-bond acceptors (Lipinski definition) is 1. The standard InChI is InChI=1S/C18H16N2O/c19-18(21)20-17(14-8-2-1-3-9-14)16-12-6-10-13-7-4-5-11-15(13)16/h1-12,17H,(H3,19,20,21)/t17-/m0/s1. The highest BCUT2D eigenvalue weighted by Gasteiger charge is 2.17. The van der Waals surface area contributed by atoms with E-state index in [9.17, 15) is 4.79 Å². The smallest absolute Gasteiger partial charge is 0.312 e. The predicted octanol–water partition coefficient (Wildman–Crippen LogP) is 3.60. The Kier molecular flexibility index (Phi) is 3.56. The minimum absolute atomic E-state index is 0.255. The average Bonchev–Trinajstić information content (AvgIpc) is 2.53. The summed E-state index contributed by atoms with van der Waals surface area (Å²) in [7, 11) is 0. The van der Waals surface area contributed by atoms with Crippen molar-refractivity contribution in [3.05, 3.63) is 83.9 Å². The van der Waals surface area contributed by atoms with Crippen molar-refractivity contribution in [2.75, 3.05) is 0 Å². The van der Waals surface area contributed by atoms with E-state index in [1.807, 2.05) is 54.6 Å². The second-order valence-electron chi connectivity index (χ2n) is 4.92. The Bertz CT molecular complexity index is 763. The molecule has 0 aliphatic rings. The van der Waals surface area contributed by atoms with Gasteiger partial charge in [-0.15, -0.1) is 0 Å². The summed E-state index contributed by atoms with van der Waals surface area (Å²) in [6.45, 7) is 0. The van der Waals surface area contributed by atoms with Gasteiger partial charge in [-0.3, -0.25) is 0 Å². The quantitative estimate of drug-likeness (QED) is 0.754. The lowest BCUT2D eigenvalue weighted by Crippen LogP contribution is -2.33. The molecule has 104 valence electrons. The van der Waals surface area contributed by atoms with Crippen LogP contribution >= 0.6 is 0 Å². The van der Waals surface area contributed by atoms with Gasteiger partial charge in [-0.1, -0.05) is 72.8 Å². The Morgan fingerprint density at radius 2 is 1.52 bits per heavy atom. The molecular weight excluding hydrogens is 260 g/mol. The van der Waals surface area contributed by atoms with Gasteiger partial charge < -0.3 is 11.1 Å². The van der Waals surface area contributed by atoms with Gasteiger partial charge in [0.15, 0.2) is 0 Å². The normalized spacial score (nSPS) is 12.0. The molecule has 0 aromatic heterocycles. The molecule has 3 heteroatoms. The number of benzene rings is 3. The van der Waals surface area contributed by atoms with Crippen LogP contribution in [0.25, 0.3) is 10.8 Å². The number of amides is 2. The summed E-state index contributed by atoms with van der Waals surface area (Å²) < 4.78 is 0. The second-order valence-corrected chi connectivity index (χ2v) is 4.92. The van der Waals surface area contributed by atoms with Gasteiger partial charge in [-0.05, 0) is 21.9 Å². The Morgan fingerprint density at radius 3 is 2.29 bits per heavy atom. The molecule has 21 heavy (non-hydrogen) atoms. The third-order valence-corrected chi connectivity index (χ3v) is 3.55. The molecule has 3 aromatic carbocycles. The molecule has 1 atom stereocenters. The summed E-state index contributed by atoms with van der Waals surface area (Å²) in [5, 5.41) is 5.10. The first-order valence-corrected chi connectivity index (χ1v) is 6.84. The van der Waals surface area contributed by atoms with Gasteiger partial charge in [-0.25, -0.2) is 4.79 Å². The van der Waals surface area contributed by atoms with Gasteiger partial charge in [-0.2, -0.15) is 0 Å². The second kappa shape index (κ2) is 5.67. The minimum atomic E-state index is -0.531. The number of primary amides is 1. The highest BCUT2D eigenvalue weighted by atomic mass is 16.2. The number of carbonyl (C=O) groups is 1. The number of hydrogen-bond donors (Lipinski definition) is 2. The zero-order valence-electron chi connectivity index (χ0n) is 11.5. The van der Waals surface area contributed by atoms with Gasteiger partial charge in [0.1, 0.15) is 0 Å². The van der Waals surface area contributed by atoms with E-state index >= 15 is 0 Å². The first kappa shape index (κ1) is 13.2. The molecule has 3 rings (SSSR count). The molecule has 2 amide bonds. The summed E-state index contributed by atoms with van der Waals surface area (Å²) in [4.78, 5) is 11.4. The fraction of sp³-hybridized carbons (Fsp3) is 0.0556. The SMILES string of the molecule is NC(=O)N[C@@H](c1ccccc1)c1cccc2ccccc12. The fourth-order valence-electron chi connectivity index (χ4n) is 2.63. The minimum Gasteiger partial charge on any atom is -0.352 e. The molecule has 0 spiro atoms. The van der Waals surface area contributed by atoms with Crippen molar-refractivity contribution in [2.45, 2.75) is 6.04 Å². The van der Waals surface area contributed by atoms with E-state index in [1.165, 1.54) is 0 Å². The van der Waals surface area contributed by atoms with Gasteiger partial charge in [0.2, 0.25) is 0 Å². The Balaban J connectivity index is 2.17. The number of nitrogens with two attached hydrogens (primary N) is 1. The first-order chi connectivity index (χ1) is 10.3. The van der Waals surface area contributed by atoms with Crippen LogP contribution in [0.4, 0.5) is 4.79 Å². The van der Waals surface area contributed by atoms with E-state index in [1.54, 1.807) is 0 Å². The topological polar surface area (TPSA) is 55.1 Å². The lowest BCUT2D eigenvalue weighted by atomic mass is 9.94. The summed E-state index contributed by atoms with van der Waals surface area (Å²) in [6.07, 6.45) is 0. The lowest BCUT2D eigenvalue weighted by Gasteiger charge is -2.20. The third kappa shape index (κ3) is 2.72. The maximum atomic E-state index is 11.4. The van der Waals surface area contributed by atoms with Crippen molar-refractivity contribution < 1.29 is 4.79 Å². The van der Waals surface area contributed by atoms with Crippen molar-refractivity contribution >= 4 is 16.8 Å². The van der Waals surface area contributed by atoms with Crippen LogP contribution in [0.1, 0.15) is 17.2 Å². The van der Waals surface area contributed by atoms with Gasteiger partial charge in [0.25, 0.3) is 0 Å². The van der Waals surface area contributed by atoms with Crippen LogP contribution in [-0.2, 0) is 0 Å². The van der Waals surface area contributed by atoms with E-state index in [0.717, 1.165) is 21.9 Å². The van der Waals surface area contributed by atoms with Crippen LogP contribution in [0.5, 0.6) is 0 Å². The van der Waals surface area contributed by atoms with E-state index in [4.69, 9.17) is 5.73 Å². The first-order valence-electron chi connectivity index (χ1n) is 6.84. The third-order valence-electron chi connectivity index (χ3n) is 3.55. The largest absolute Gasteiger partial charge is 0.352 e. The Hall–Kier alpha value is -2.81. The molecule has 0 bridgehead atoms. The summed E-state index contributed by atoms with van der Waals surface area (Å²) in [6, 6.07) is 23.3. The molecule has 3 N–H and O–H groups in total. The van der Waals surface area contributed by atoms with Crippen molar-refractivity contribution in [1.29, 1.82) is 0 Å². The molecule has 0 saturated heterocycles. The lowest BCUT2D eigenvalue weighted by molar-refractivity contribution is 0.247. The number of carbonyl (C=O) groups excluding carboxylic acids is 1. The van der Waals surface area contributed by atoms with Crippen molar-refractivity contribution in [3.8, 4) is 0 Å². The molecule has 0 radical (unpaired) electrons. The Labute approximate surface area is 123 Å². The number of nitrogens with one attached hydrogen (secondary N) is 1. The molecule has 0 aliphatic heterocycles. The van der Waals surface area contributed by atoms with Crippen LogP contribution in [0.15, 0.2) is 72.8 Å². The highest BCUT2D eigenvalue weighted by Crippen LogP contribution is 2.28. The van der Waals surface area contributed by atoms with Crippen molar-refractivity contribution in [1.82, 2.24) is 5.32 Å². The van der Waals surface area contributed by atoms with Crippen LogP contribution in [0.2, 0.25) is 0 Å². The summed E-state index contributed by atoms with van der Waals surface area (Å²) >= 11 is 0. The number of rotatable bonds is 3. The fourth-order valence-corrected chi connectivity index (χ4v) is 2.63. The van der Waals surface area contributed by atoms with Crippen LogP contribution in [0, 0.1) is 0 Å². The molecule has 3 aromatic rings. The van der Waals surface area contributed by atoms with E-state index in [-0.39, 0.29) is 6.04 Å². The zero-order chi connectivity index (χ0) is 14.7. The molecule has 0 unspecified atom stereocenters. The van der Waals surface area contributed by atoms with E-state index in [2.05, 4.69) is 23.5 Å². The summed E-state index contributed by atoms with van der Waals surface area (Å²) in [5.41, 5.74) is 7.41. The summed E-state index contributed by atoms with van der Waals surface area (Å²) in [5.74, 6) is 0. The molecule has 0 fully saturated rings. The Morgan fingerprint density at radius 1 is 0.857 bits per heavy atom. The predicted molar refractivity (Wildman–Crippen MR) is 85.0 cm³/mol. The van der Waals surface area contributed by atoms with E-state index < -0.39 is 6.03 Å². The molecule has 3 nitrogen and oxygen atoms in total. The maximum absolute atomic E-state index is 11.4. The molecule has 0 saturated carbocycles. The van der Waals surface area contributed by atoms with Crippen LogP contribution < -0.4 is 11.1 Å². The zero-order valence-corrected chi connectivity index (χ0v) is 11.5. The molecule has 0 aliphatic carbocycles. The van der Waals surface area contributed by atoms with Crippen LogP contribution in [-0.4, -0.2) is 6.03 Å². The number of urea groups is 1. The molecular formula is C18H16N2O. The van der Waals surface area contributed by atoms with Crippen LogP contribution in [0.3, 0.4) is 0 Å². The van der Waals surface area contributed by atoms with Gasteiger partial charge >= 0.3 is 6.03 Å².